The Morgan fingerprint density at radius 2 is 2.20 bits per heavy atom. The average molecular weight is 311 g/mol. The summed E-state index contributed by atoms with van der Waals surface area (Å²) in [7, 11) is 0. The molecule has 0 aliphatic heterocycles. The van der Waals surface area contributed by atoms with E-state index in [1.165, 1.54) is 17.8 Å². The van der Waals surface area contributed by atoms with Crippen molar-refractivity contribution >= 4 is 23.4 Å². The minimum Gasteiger partial charge on any atom is -0.506 e. The van der Waals surface area contributed by atoms with Gasteiger partial charge in [-0.3, -0.25) is 4.79 Å². The zero-order valence-corrected chi connectivity index (χ0v) is 12.8. The number of hydrogen-bond donors (Lipinski definition) is 2. The number of nitrogens with one attached hydrogen (secondary N) is 1. The molecule has 2 N–H and O–H groups in total. The minimum absolute atomic E-state index is 0.0379. The summed E-state index contributed by atoms with van der Waals surface area (Å²) in [4.78, 5) is 19.3. The van der Waals surface area contributed by atoms with Crippen molar-refractivity contribution in [3.63, 3.8) is 0 Å². The first-order valence-corrected chi connectivity index (χ1v) is 7.78. The Morgan fingerprint density at radius 3 is 2.80 bits per heavy atom. The van der Waals surface area contributed by atoms with Gasteiger partial charge in [-0.1, -0.05) is 36.4 Å². The van der Waals surface area contributed by atoms with Crippen LogP contribution in [-0.4, -0.2) is 21.3 Å². The molecular weight excluding hydrogens is 296 g/mol. The number of H-pyrrole nitrogens is 1. The highest BCUT2D eigenvalue weighted by Gasteiger charge is 2.11. The molecule has 4 nitrogen and oxygen atoms in total. The number of aromatic hydroxyl groups is 1. The van der Waals surface area contributed by atoms with Gasteiger partial charge in [0.25, 0.3) is 5.56 Å². The highest BCUT2D eigenvalue weighted by molar-refractivity contribution is 7.98. The number of benzene rings is 1. The Hall–Kier alpha value is -1.46. The Bertz CT molecular complexity index is 685. The summed E-state index contributed by atoms with van der Waals surface area (Å²) in [6.07, 6.45) is 3.01. The third-order valence-corrected chi connectivity index (χ3v) is 3.88. The smallest absolute Gasteiger partial charge is 0.255 e. The van der Waals surface area contributed by atoms with Gasteiger partial charge in [-0.25, -0.2) is 4.98 Å². The summed E-state index contributed by atoms with van der Waals surface area (Å²) < 4.78 is 0. The van der Waals surface area contributed by atoms with Crippen LogP contribution in [0, 0.1) is 0 Å². The molecule has 0 saturated carbocycles. The first-order chi connectivity index (χ1) is 9.55. The molecule has 1 heterocycles. The highest BCUT2D eigenvalue weighted by atomic mass is 35.5. The van der Waals surface area contributed by atoms with Crippen LogP contribution in [0.25, 0.3) is 0 Å². The van der Waals surface area contributed by atoms with E-state index in [1.54, 1.807) is 12.1 Å². The molecule has 0 unspecified atom stereocenters. The molecule has 20 heavy (non-hydrogen) atoms. The lowest BCUT2D eigenvalue weighted by atomic mass is 10.0. The van der Waals surface area contributed by atoms with Gasteiger partial charge in [0.1, 0.15) is 5.75 Å². The van der Waals surface area contributed by atoms with Crippen LogP contribution in [0.3, 0.4) is 0 Å². The average Bonchev–Trinajstić information content (AvgIpc) is 2.44. The highest BCUT2D eigenvalue weighted by Crippen LogP contribution is 2.25. The van der Waals surface area contributed by atoms with E-state index in [0.717, 1.165) is 11.3 Å². The molecule has 106 valence electrons. The van der Waals surface area contributed by atoms with Gasteiger partial charge in [0, 0.05) is 12.0 Å². The molecule has 0 bridgehead atoms. The van der Waals surface area contributed by atoms with Crippen molar-refractivity contribution in [1.82, 2.24) is 9.97 Å². The van der Waals surface area contributed by atoms with Crippen molar-refractivity contribution in [2.45, 2.75) is 24.9 Å². The third-order valence-electron chi connectivity index (χ3n) is 3.00. The van der Waals surface area contributed by atoms with Crippen LogP contribution in [0.4, 0.5) is 0 Å². The minimum atomic E-state index is -0.120. The number of aromatic nitrogens is 2. The Kier molecular flexibility index (Phi) is 4.73. The van der Waals surface area contributed by atoms with Gasteiger partial charge in [-0.2, -0.15) is 0 Å². The second kappa shape index (κ2) is 6.33. The molecular formula is C14H15ClN2O2S. The van der Waals surface area contributed by atoms with Gasteiger partial charge >= 0.3 is 0 Å². The molecule has 0 amide bonds. The van der Waals surface area contributed by atoms with E-state index < -0.39 is 0 Å². The second-order valence-electron chi connectivity index (χ2n) is 4.32. The normalized spacial score (nSPS) is 10.8. The maximum atomic E-state index is 12.1. The molecule has 0 aliphatic carbocycles. The third kappa shape index (κ3) is 3.16. The lowest BCUT2D eigenvalue weighted by Gasteiger charge is -2.08. The predicted molar refractivity (Wildman–Crippen MR) is 81.9 cm³/mol. The van der Waals surface area contributed by atoms with E-state index in [1.807, 2.05) is 13.2 Å². The van der Waals surface area contributed by atoms with Gasteiger partial charge in [-0.05, 0) is 30.4 Å². The number of thioether (sulfide) groups is 1. The topological polar surface area (TPSA) is 66.0 Å². The van der Waals surface area contributed by atoms with E-state index in [0.29, 0.717) is 23.6 Å². The van der Waals surface area contributed by atoms with Crippen molar-refractivity contribution in [1.29, 1.82) is 0 Å². The first kappa shape index (κ1) is 14.9. The fourth-order valence-corrected chi connectivity index (χ4v) is 2.56. The number of halogens is 1. The lowest BCUT2D eigenvalue weighted by Crippen LogP contribution is -2.18. The van der Waals surface area contributed by atoms with Crippen LogP contribution >= 0.6 is 23.4 Å². The molecule has 2 aromatic rings. The van der Waals surface area contributed by atoms with E-state index in [-0.39, 0.29) is 16.3 Å². The molecule has 1 aromatic heterocycles. The Morgan fingerprint density at radius 1 is 1.45 bits per heavy atom. The van der Waals surface area contributed by atoms with Crippen molar-refractivity contribution in [2.75, 3.05) is 6.26 Å². The van der Waals surface area contributed by atoms with Gasteiger partial charge < -0.3 is 10.1 Å². The molecule has 1 aromatic carbocycles. The van der Waals surface area contributed by atoms with Gasteiger partial charge in [-0.15, -0.1) is 0 Å². The fraction of sp³-hybridized carbons (Fsp3) is 0.286. The zero-order valence-electron chi connectivity index (χ0n) is 11.2. The number of phenols is 1. The molecule has 0 atom stereocenters. The van der Waals surface area contributed by atoms with Crippen LogP contribution < -0.4 is 5.56 Å². The second-order valence-corrected chi connectivity index (χ2v) is 5.52. The maximum absolute atomic E-state index is 12.1. The van der Waals surface area contributed by atoms with Gasteiger partial charge in [0.2, 0.25) is 0 Å². The van der Waals surface area contributed by atoms with E-state index in [9.17, 15) is 9.90 Å². The van der Waals surface area contributed by atoms with Crippen LogP contribution in [0.15, 0.2) is 28.2 Å². The fourth-order valence-electron chi connectivity index (χ4n) is 1.96. The Labute approximate surface area is 126 Å². The van der Waals surface area contributed by atoms with E-state index in [4.69, 9.17) is 11.6 Å². The monoisotopic (exact) mass is 310 g/mol. The molecule has 0 saturated heterocycles. The maximum Gasteiger partial charge on any atom is 0.255 e. The molecule has 2 rings (SSSR count). The SMILES string of the molecule is CCc1nc(SC)[nH]c(=O)c1Cc1ccc(O)c(Cl)c1. The largest absolute Gasteiger partial charge is 0.506 e. The van der Waals surface area contributed by atoms with Crippen LogP contribution in [0.5, 0.6) is 5.75 Å². The van der Waals surface area contributed by atoms with Crippen molar-refractivity contribution < 1.29 is 5.11 Å². The summed E-state index contributed by atoms with van der Waals surface area (Å²) in [6, 6.07) is 4.95. The molecule has 0 fully saturated rings. The predicted octanol–water partition coefficient (Wildman–Crippen LogP) is 3.00. The lowest BCUT2D eigenvalue weighted by molar-refractivity contribution is 0.475. The molecule has 0 spiro atoms. The zero-order chi connectivity index (χ0) is 14.7. The van der Waals surface area contributed by atoms with Crippen LogP contribution in [0.2, 0.25) is 5.02 Å². The van der Waals surface area contributed by atoms with Crippen LogP contribution in [0.1, 0.15) is 23.7 Å². The standard InChI is InChI=1S/C14H15ClN2O2S/c1-3-11-9(13(19)17-14(16-11)20-2)6-8-4-5-12(18)10(15)7-8/h4-5,7,18H,3,6H2,1-2H3,(H,16,17,19). The quantitative estimate of drug-likeness (QED) is 0.673. The summed E-state index contributed by atoms with van der Waals surface area (Å²) in [6.45, 7) is 1.97. The number of aryl methyl sites for hydroxylation is 1. The molecule has 0 aliphatic rings. The number of aromatic amines is 1. The summed E-state index contributed by atoms with van der Waals surface area (Å²) >= 11 is 7.30. The van der Waals surface area contributed by atoms with Crippen LogP contribution in [-0.2, 0) is 12.8 Å². The molecule has 6 heteroatoms. The molecule has 0 radical (unpaired) electrons. The summed E-state index contributed by atoms with van der Waals surface area (Å²) in [5.74, 6) is 0.0379. The number of hydrogen-bond acceptors (Lipinski definition) is 4. The first-order valence-electron chi connectivity index (χ1n) is 6.18. The van der Waals surface area contributed by atoms with E-state index >= 15 is 0 Å². The number of rotatable bonds is 4. The summed E-state index contributed by atoms with van der Waals surface area (Å²) in [5.41, 5.74) is 2.19. The van der Waals surface area contributed by atoms with Crippen molar-refractivity contribution in [3.8, 4) is 5.75 Å². The number of phenolic OH excluding ortho intramolecular Hbond substituents is 1. The summed E-state index contributed by atoms with van der Waals surface area (Å²) in [5, 5.41) is 10.3. The van der Waals surface area contributed by atoms with Gasteiger partial charge in [0.15, 0.2) is 5.16 Å². The van der Waals surface area contributed by atoms with Crippen molar-refractivity contribution in [2.24, 2.45) is 0 Å². The van der Waals surface area contributed by atoms with E-state index in [2.05, 4.69) is 9.97 Å². The Balaban J connectivity index is 2.42. The van der Waals surface area contributed by atoms with Gasteiger partial charge in [0.05, 0.1) is 10.7 Å². The van der Waals surface area contributed by atoms with Crippen molar-refractivity contribution in [3.05, 3.63) is 50.4 Å². The number of nitrogens with zero attached hydrogens (tertiary/aromatic N) is 1.